The van der Waals surface area contributed by atoms with Gasteiger partial charge in [0.15, 0.2) is 11.5 Å². The molecule has 0 spiro atoms. The number of methoxy groups -OCH3 is 3. The average Bonchev–Trinajstić information content (AvgIpc) is 3.17. The van der Waals surface area contributed by atoms with E-state index in [1.165, 1.54) is 0 Å². The van der Waals surface area contributed by atoms with Gasteiger partial charge in [-0.25, -0.2) is 0 Å². The van der Waals surface area contributed by atoms with Gasteiger partial charge in [0.05, 0.1) is 32.5 Å². The highest BCUT2D eigenvalue weighted by Crippen LogP contribution is 2.42. The van der Waals surface area contributed by atoms with Gasteiger partial charge in [-0.05, 0) is 35.9 Å². The Kier molecular flexibility index (Phi) is 4.53. The van der Waals surface area contributed by atoms with Crippen LogP contribution in [-0.4, -0.2) is 35.8 Å². The van der Waals surface area contributed by atoms with Crippen molar-refractivity contribution in [1.82, 2.24) is 9.38 Å². The molecule has 0 saturated carbocycles. The molecule has 0 aliphatic rings. The molecule has 0 unspecified atom stereocenters. The second-order valence-electron chi connectivity index (χ2n) is 6.26. The van der Waals surface area contributed by atoms with E-state index in [4.69, 9.17) is 14.2 Å². The van der Waals surface area contributed by atoms with Crippen LogP contribution in [0.5, 0.6) is 23.0 Å². The van der Waals surface area contributed by atoms with Crippen molar-refractivity contribution in [3.63, 3.8) is 0 Å². The van der Waals surface area contributed by atoms with E-state index in [1.54, 1.807) is 39.7 Å². The summed E-state index contributed by atoms with van der Waals surface area (Å²) in [6.45, 7) is 0. The Morgan fingerprint density at radius 1 is 0.857 bits per heavy atom. The zero-order valence-electron chi connectivity index (χ0n) is 15.8. The number of benzene rings is 2. The van der Waals surface area contributed by atoms with Gasteiger partial charge in [0, 0.05) is 29.7 Å². The van der Waals surface area contributed by atoms with Crippen molar-refractivity contribution in [3.8, 4) is 45.4 Å². The summed E-state index contributed by atoms with van der Waals surface area (Å²) in [6.07, 6.45) is 5.65. The molecule has 0 fully saturated rings. The van der Waals surface area contributed by atoms with Gasteiger partial charge in [-0.2, -0.15) is 0 Å². The van der Waals surface area contributed by atoms with Gasteiger partial charge < -0.3 is 23.7 Å². The van der Waals surface area contributed by atoms with Crippen molar-refractivity contribution in [2.24, 2.45) is 0 Å². The van der Waals surface area contributed by atoms with Crippen molar-refractivity contribution < 1.29 is 19.3 Å². The first-order valence-corrected chi connectivity index (χ1v) is 8.71. The Bertz CT molecular complexity index is 1130. The number of aromatic hydroxyl groups is 1. The number of phenolic OH excluding ortho intramolecular Hbond substituents is 1. The van der Waals surface area contributed by atoms with Crippen LogP contribution in [0.25, 0.3) is 27.9 Å². The van der Waals surface area contributed by atoms with Crippen molar-refractivity contribution in [1.29, 1.82) is 0 Å². The molecule has 0 atom stereocenters. The number of nitrogens with zero attached hydrogens (tertiary/aromatic N) is 2. The Hall–Kier alpha value is -3.67. The molecule has 4 rings (SSSR count). The molecule has 2 heterocycles. The molecule has 0 saturated heterocycles. The first kappa shape index (κ1) is 17.7. The molecule has 0 bridgehead atoms. The highest BCUT2D eigenvalue weighted by atomic mass is 16.5. The fourth-order valence-corrected chi connectivity index (χ4v) is 3.32. The van der Waals surface area contributed by atoms with E-state index in [2.05, 4.69) is 4.98 Å². The van der Waals surface area contributed by atoms with Gasteiger partial charge >= 0.3 is 0 Å². The van der Waals surface area contributed by atoms with Crippen molar-refractivity contribution >= 4 is 5.52 Å². The maximum absolute atomic E-state index is 9.79. The van der Waals surface area contributed by atoms with Gasteiger partial charge in [0.1, 0.15) is 5.75 Å². The summed E-state index contributed by atoms with van der Waals surface area (Å²) in [5.74, 6) is 1.91. The fourth-order valence-electron chi connectivity index (χ4n) is 3.32. The highest BCUT2D eigenvalue weighted by Gasteiger charge is 2.17. The summed E-state index contributed by atoms with van der Waals surface area (Å²) < 4.78 is 18.4. The van der Waals surface area contributed by atoms with E-state index in [0.717, 1.165) is 27.9 Å². The molecule has 2 aromatic carbocycles. The smallest absolute Gasteiger partial charge is 0.203 e. The second-order valence-corrected chi connectivity index (χ2v) is 6.26. The zero-order valence-corrected chi connectivity index (χ0v) is 15.8. The molecule has 4 aromatic rings. The number of fused-ring (bicyclic) bond motifs is 1. The third kappa shape index (κ3) is 2.99. The normalized spacial score (nSPS) is 10.8. The maximum Gasteiger partial charge on any atom is 0.203 e. The largest absolute Gasteiger partial charge is 0.508 e. The minimum atomic E-state index is 0.232. The average molecular weight is 376 g/mol. The summed E-state index contributed by atoms with van der Waals surface area (Å²) in [4.78, 5) is 4.59. The Labute approximate surface area is 162 Å². The molecule has 2 aromatic heterocycles. The number of ether oxygens (including phenoxy) is 3. The predicted octanol–water partition coefficient (Wildman–Crippen LogP) is 4.40. The van der Waals surface area contributed by atoms with Gasteiger partial charge in [-0.15, -0.1) is 0 Å². The molecule has 0 aliphatic heterocycles. The molecule has 28 heavy (non-hydrogen) atoms. The van der Waals surface area contributed by atoms with Crippen LogP contribution in [-0.2, 0) is 0 Å². The lowest BCUT2D eigenvalue weighted by atomic mass is 10.1. The predicted molar refractivity (Wildman–Crippen MR) is 107 cm³/mol. The van der Waals surface area contributed by atoms with Gasteiger partial charge in [-0.3, -0.25) is 4.98 Å². The zero-order chi connectivity index (χ0) is 19.7. The van der Waals surface area contributed by atoms with E-state index in [9.17, 15) is 5.11 Å². The topological polar surface area (TPSA) is 65.2 Å². The van der Waals surface area contributed by atoms with Crippen LogP contribution in [0.3, 0.4) is 0 Å². The second kappa shape index (κ2) is 7.15. The number of hydrogen-bond donors (Lipinski definition) is 1. The molecule has 0 aliphatic carbocycles. The van der Waals surface area contributed by atoms with Crippen LogP contribution in [0.2, 0.25) is 0 Å². The van der Waals surface area contributed by atoms with Crippen molar-refractivity contribution in [2.75, 3.05) is 21.3 Å². The number of hydrogen-bond acceptors (Lipinski definition) is 5. The molecule has 6 nitrogen and oxygen atoms in total. The van der Waals surface area contributed by atoms with Gasteiger partial charge in [-0.1, -0.05) is 12.1 Å². The molecule has 0 radical (unpaired) electrons. The Balaban J connectivity index is 1.90. The Morgan fingerprint density at radius 2 is 1.61 bits per heavy atom. The highest BCUT2D eigenvalue weighted by molar-refractivity contribution is 5.84. The number of aromatic nitrogens is 2. The number of rotatable bonds is 5. The number of phenols is 1. The molecule has 0 amide bonds. The molecule has 1 N–H and O–H groups in total. The van der Waals surface area contributed by atoms with Crippen LogP contribution in [0.15, 0.2) is 61.1 Å². The van der Waals surface area contributed by atoms with Crippen LogP contribution < -0.4 is 14.2 Å². The van der Waals surface area contributed by atoms with Gasteiger partial charge in [0.25, 0.3) is 0 Å². The van der Waals surface area contributed by atoms with E-state index in [-0.39, 0.29) is 5.75 Å². The van der Waals surface area contributed by atoms with Gasteiger partial charge in [0.2, 0.25) is 5.75 Å². The molecular weight excluding hydrogens is 356 g/mol. The first-order chi connectivity index (χ1) is 13.6. The van der Waals surface area contributed by atoms with Crippen LogP contribution in [0, 0.1) is 0 Å². The van der Waals surface area contributed by atoms with Crippen LogP contribution in [0.4, 0.5) is 0 Å². The van der Waals surface area contributed by atoms with Crippen molar-refractivity contribution in [3.05, 3.63) is 61.1 Å². The summed E-state index contributed by atoms with van der Waals surface area (Å²) >= 11 is 0. The van der Waals surface area contributed by atoms with E-state index in [1.807, 2.05) is 47.1 Å². The quantitative estimate of drug-likeness (QED) is 0.559. The minimum Gasteiger partial charge on any atom is -0.508 e. The molecular formula is C22H20N2O4. The third-order valence-corrected chi connectivity index (χ3v) is 4.64. The fraction of sp³-hybridized carbons (Fsp3) is 0.136. The lowest BCUT2D eigenvalue weighted by Crippen LogP contribution is -1.97. The summed E-state index contributed by atoms with van der Waals surface area (Å²) in [5, 5.41) is 9.79. The molecule has 142 valence electrons. The Morgan fingerprint density at radius 3 is 2.25 bits per heavy atom. The standard InChI is InChI=1S/C22H20N2O4/c1-26-19-11-15(12-20(27-2)22(19)28-3)21-18-10-16(13-24(18)8-7-23-21)14-5-4-6-17(25)9-14/h4-13,25H,1-3H3. The molecule has 6 heteroatoms. The lowest BCUT2D eigenvalue weighted by Gasteiger charge is -2.14. The minimum absolute atomic E-state index is 0.232. The van der Waals surface area contributed by atoms with E-state index >= 15 is 0 Å². The summed E-state index contributed by atoms with van der Waals surface area (Å²) in [7, 11) is 4.76. The summed E-state index contributed by atoms with van der Waals surface area (Å²) in [5.41, 5.74) is 4.47. The van der Waals surface area contributed by atoms with Crippen LogP contribution >= 0.6 is 0 Å². The first-order valence-electron chi connectivity index (χ1n) is 8.71. The third-order valence-electron chi connectivity index (χ3n) is 4.64. The van der Waals surface area contributed by atoms with E-state index < -0.39 is 0 Å². The summed E-state index contributed by atoms with van der Waals surface area (Å²) in [6, 6.07) is 13.0. The SMILES string of the molecule is COc1cc(-c2nccn3cc(-c4cccc(O)c4)cc23)cc(OC)c1OC. The van der Waals surface area contributed by atoms with E-state index in [0.29, 0.717) is 17.2 Å². The van der Waals surface area contributed by atoms with Crippen molar-refractivity contribution in [2.45, 2.75) is 0 Å². The van der Waals surface area contributed by atoms with Crippen LogP contribution in [0.1, 0.15) is 0 Å². The lowest BCUT2D eigenvalue weighted by molar-refractivity contribution is 0.324. The maximum atomic E-state index is 9.79. The monoisotopic (exact) mass is 376 g/mol.